The van der Waals surface area contributed by atoms with Gasteiger partial charge in [-0.15, -0.1) is 0 Å². The molecule has 196 valence electrons. The summed E-state index contributed by atoms with van der Waals surface area (Å²) >= 11 is 0. The SMILES string of the molecule is CC(=O)OC[C@H]1O[C@@H](N(C(C)=O)c2ccccc2[N+](=O)[O-])[C@H](OC(C)=O)[C@@H](OC(C)=O)[C@@H]1OC(C)=O. The van der Waals surface area contributed by atoms with Crippen LogP contribution in [0.2, 0.25) is 0 Å². The number of rotatable bonds is 8. The second-order valence-corrected chi connectivity index (χ2v) is 7.72. The van der Waals surface area contributed by atoms with Crippen molar-refractivity contribution in [2.24, 2.45) is 0 Å². The largest absolute Gasteiger partial charge is 0.463 e. The van der Waals surface area contributed by atoms with Crippen LogP contribution in [-0.2, 0) is 47.7 Å². The summed E-state index contributed by atoms with van der Waals surface area (Å²) in [6, 6.07) is 5.24. The van der Waals surface area contributed by atoms with Gasteiger partial charge in [0.25, 0.3) is 5.69 Å². The van der Waals surface area contributed by atoms with Crippen molar-refractivity contribution in [1.82, 2.24) is 0 Å². The Morgan fingerprint density at radius 1 is 0.861 bits per heavy atom. The van der Waals surface area contributed by atoms with Crippen molar-refractivity contribution in [3.8, 4) is 0 Å². The maximum absolute atomic E-state index is 12.8. The fourth-order valence-corrected chi connectivity index (χ4v) is 3.72. The van der Waals surface area contributed by atoms with Crippen molar-refractivity contribution in [1.29, 1.82) is 0 Å². The van der Waals surface area contributed by atoms with E-state index in [2.05, 4.69) is 0 Å². The highest BCUT2D eigenvalue weighted by Crippen LogP contribution is 2.36. The molecule has 1 heterocycles. The average molecular weight is 510 g/mol. The summed E-state index contributed by atoms with van der Waals surface area (Å²) in [6.45, 7) is 4.84. The average Bonchev–Trinajstić information content (AvgIpc) is 2.75. The number of amides is 1. The number of hydrogen-bond acceptors (Lipinski definition) is 12. The van der Waals surface area contributed by atoms with Gasteiger partial charge in [0.1, 0.15) is 18.4 Å². The van der Waals surface area contributed by atoms with E-state index >= 15 is 0 Å². The minimum atomic E-state index is -1.62. The molecular weight excluding hydrogens is 484 g/mol. The highest BCUT2D eigenvalue weighted by atomic mass is 16.7. The van der Waals surface area contributed by atoms with Crippen LogP contribution in [0, 0.1) is 10.1 Å². The zero-order valence-electron chi connectivity index (χ0n) is 20.2. The van der Waals surface area contributed by atoms with Gasteiger partial charge in [0.2, 0.25) is 5.91 Å². The second-order valence-electron chi connectivity index (χ2n) is 7.72. The van der Waals surface area contributed by atoms with E-state index in [0.717, 1.165) is 45.6 Å². The standard InChI is InChI=1S/C22H26N2O12/c1-11(25)23(16-8-6-7-9-17(16)24(30)31)22-21(35-15(5)29)20(34-14(4)28)19(33-13(3)27)18(36-22)10-32-12(2)26/h6-9,18-22H,10H2,1-5H3/t18-,19-,20+,21-,22-/m1/s1. The highest BCUT2D eigenvalue weighted by molar-refractivity contribution is 5.94. The van der Waals surface area contributed by atoms with Crippen molar-refractivity contribution in [3.63, 3.8) is 0 Å². The summed E-state index contributed by atoms with van der Waals surface area (Å²) in [5, 5.41) is 11.7. The van der Waals surface area contributed by atoms with E-state index in [9.17, 15) is 34.1 Å². The van der Waals surface area contributed by atoms with Crippen LogP contribution < -0.4 is 4.90 Å². The molecule has 14 heteroatoms. The van der Waals surface area contributed by atoms with Gasteiger partial charge in [0, 0.05) is 40.7 Å². The van der Waals surface area contributed by atoms with Gasteiger partial charge in [-0.3, -0.25) is 39.0 Å². The minimum absolute atomic E-state index is 0.212. The number of hydrogen-bond donors (Lipinski definition) is 0. The molecule has 0 aliphatic carbocycles. The van der Waals surface area contributed by atoms with Gasteiger partial charge in [0.05, 0.1) is 4.92 Å². The van der Waals surface area contributed by atoms with E-state index in [1.165, 1.54) is 18.2 Å². The number of nitrogens with zero attached hydrogens (tertiary/aromatic N) is 2. The fraction of sp³-hybridized carbons (Fsp3) is 0.500. The molecule has 0 aromatic heterocycles. The third-order valence-electron chi connectivity index (χ3n) is 4.90. The molecule has 1 amide bonds. The van der Waals surface area contributed by atoms with Crippen LogP contribution in [0.5, 0.6) is 0 Å². The third kappa shape index (κ3) is 6.97. The molecule has 0 N–H and O–H groups in total. The van der Waals surface area contributed by atoms with Gasteiger partial charge in [-0.2, -0.15) is 0 Å². The quantitative estimate of drug-likeness (QED) is 0.210. The Kier molecular flexibility index (Phi) is 9.44. The summed E-state index contributed by atoms with van der Waals surface area (Å²) in [5.74, 6) is -4.04. The Labute approximate surface area is 205 Å². The molecule has 0 spiro atoms. The van der Waals surface area contributed by atoms with Crippen molar-refractivity contribution in [2.45, 2.75) is 65.3 Å². The van der Waals surface area contributed by atoms with E-state index in [1.54, 1.807) is 0 Å². The molecule has 1 aromatic carbocycles. The van der Waals surface area contributed by atoms with Gasteiger partial charge in [0.15, 0.2) is 24.5 Å². The first-order chi connectivity index (χ1) is 16.8. The van der Waals surface area contributed by atoms with Gasteiger partial charge in [-0.25, -0.2) is 0 Å². The number of ether oxygens (including phenoxy) is 5. The Morgan fingerprint density at radius 2 is 1.39 bits per heavy atom. The van der Waals surface area contributed by atoms with Gasteiger partial charge in [-0.1, -0.05) is 12.1 Å². The van der Waals surface area contributed by atoms with Crippen molar-refractivity contribution in [3.05, 3.63) is 34.4 Å². The molecule has 1 fully saturated rings. The van der Waals surface area contributed by atoms with Crippen LogP contribution in [0.3, 0.4) is 0 Å². The molecule has 1 aliphatic heterocycles. The Morgan fingerprint density at radius 3 is 1.89 bits per heavy atom. The number of carbonyl (C=O) groups excluding carboxylic acids is 5. The zero-order chi connectivity index (χ0) is 27.2. The maximum Gasteiger partial charge on any atom is 0.303 e. The summed E-state index contributed by atoms with van der Waals surface area (Å²) < 4.78 is 26.9. The molecule has 2 rings (SSSR count). The highest BCUT2D eigenvalue weighted by Gasteiger charge is 2.55. The number of nitro benzene ring substituents is 1. The topological polar surface area (TPSA) is 178 Å². The smallest absolute Gasteiger partial charge is 0.303 e. The summed E-state index contributed by atoms with van der Waals surface area (Å²) in [7, 11) is 0. The molecule has 0 saturated carbocycles. The van der Waals surface area contributed by atoms with Crippen molar-refractivity contribution >= 4 is 41.2 Å². The first-order valence-corrected chi connectivity index (χ1v) is 10.7. The monoisotopic (exact) mass is 510 g/mol. The number of esters is 4. The first-order valence-electron chi connectivity index (χ1n) is 10.7. The van der Waals surface area contributed by atoms with E-state index in [0.29, 0.717) is 0 Å². The minimum Gasteiger partial charge on any atom is -0.463 e. The normalized spacial score (nSPS) is 23.1. The van der Waals surface area contributed by atoms with Crippen LogP contribution >= 0.6 is 0 Å². The molecule has 1 saturated heterocycles. The number of para-hydroxylation sites is 2. The van der Waals surface area contributed by atoms with E-state index in [4.69, 9.17) is 23.7 Å². The lowest BCUT2D eigenvalue weighted by atomic mass is 9.96. The molecule has 1 aromatic rings. The van der Waals surface area contributed by atoms with E-state index in [-0.39, 0.29) is 5.69 Å². The van der Waals surface area contributed by atoms with Gasteiger partial charge >= 0.3 is 23.9 Å². The number of nitro groups is 1. The second kappa shape index (κ2) is 12.1. The zero-order valence-corrected chi connectivity index (χ0v) is 20.2. The first kappa shape index (κ1) is 28.2. The van der Waals surface area contributed by atoms with Crippen molar-refractivity contribution in [2.75, 3.05) is 11.5 Å². The van der Waals surface area contributed by atoms with Crippen LogP contribution in [0.25, 0.3) is 0 Å². The Hall–Kier alpha value is -4.07. The molecule has 0 bridgehead atoms. The fourth-order valence-electron chi connectivity index (χ4n) is 3.72. The van der Waals surface area contributed by atoms with Gasteiger partial charge in [-0.05, 0) is 6.07 Å². The Balaban J connectivity index is 2.73. The van der Waals surface area contributed by atoms with E-state index in [1.807, 2.05) is 0 Å². The summed E-state index contributed by atoms with van der Waals surface area (Å²) in [4.78, 5) is 71.9. The van der Waals surface area contributed by atoms with Crippen LogP contribution in [0.15, 0.2) is 24.3 Å². The molecule has 14 nitrogen and oxygen atoms in total. The summed E-state index contributed by atoms with van der Waals surface area (Å²) in [5.41, 5.74) is -0.684. The lowest BCUT2D eigenvalue weighted by Crippen LogP contribution is -2.67. The lowest BCUT2D eigenvalue weighted by Gasteiger charge is -2.47. The van der Waals surface area contributed by atoms with Crippen LogP contribution in [-0.4, -0.2) is 72.0 Å². The molecule has 1 aliphatic rings. The predicted molar refractivity (Wildman–Crippen MR) is 118 cm³/mol. The number of anilines is 1. The number of carbonyl (C=O) groups is 5. The van der Waals surface area contributed by atoms with E-state index < -0.39 is 77.6 Å². The predicted octanol–water partition coefficient (Wildman–Crippen LogP) is 1.03. The van der Waals surface area contributed by atoms with Gasteiger partial charge < -0.3 is 23.7 Å². The third-order valence-corrected chi connectivity index (χ3v) is 4.90. The summed E-state index contributed by atoms with van der Waals surface area (Å²) in [6.07, 6.45) is -7.54. The van der Waals surface area contributed by atoms with Crippen LogP contribution in [0.4, 0.5) is 11.4 Å². The van der Waals surface area contributed by atoms with Crippen LogP contribution in [0.1, 0.15) is 34.6 Å². The Bertz CT molecular complexity index is 1040. The molecule has 0 unspecified atom stereocenters. The molecule has 36 heavy (non-hydrogen) atoms. The molecule has 5 atom stereocenters. The maximum atomic E-state index is 12.8. The molecule has 0 radical (unpaired) electrons. The van der Waals surface area contributed by atoms with Crippen molar-refractivity contribution < 1.29 is 52.6 Å². The lowest BCUT2D eigenvalue weighted by molar-refractivity contribution is -0.384. The molecular formula is C22H26N2O12. The number of benzene rings is 1.